The molecular formula is C8H14N2S. The van der Waals surface area contributed by atoms with Crippen LogP contribution in [0, 0.1) is 0 Å². The summed E-state index contributed by atoms with van der Waals surface area (Å²) in [6, 6.07) is 0. The van der Waals surface area contributed by atoms with Crippen LogP contribution in [0.2, 0.25) is 0 Å². The molecule has 1 aliphatic rings. The number of aliphatic imine (C=N–C) groups is 1. The van der Waals surface area contributed by atoms with E-state index in [0.29, 0.717) is 5.54 Å². The van der Waals surface area contributed by atoms with E-state index in [2.05, 4.69) is 41.4 Å². The molecule has 0 spiro atoms. The van der Waals surface area contributed by atoms with Crippen molar-refractivity contribution in [1.29, 1.82) is 0 Å². The summed E-state index contributed by atoms with van der Waals surface area (Å²) < 4.78 is 0. The van der Waals surface area contributed by atoms with E-state index in [4.69, 9.17) is 0 Å². The van der Waals surface area contributed by atoms with Crippen LogP contribution in [0.3, 0.4) is 0 Å². The highest BCUT2D eigenvalue weighted by atomic mass is 32.1. The average Bonchev–Trinajstić information content (AvgIpc) is 1.85. The lowest BCUT2D eigenvalue weighted by atomic mass is 9.76. The Bertz CT molecular complexity index is 179. The summed E-state index contributed by atoms with van der Waals surface area (Å²) in [6.45, 7) is 0.823. The van der Waals surface area contributed by atoms with Gasteiger partial charge in [-0.2, -0.15) is 0 Å². The van der Waals surface area contributed by atoms with E-state index >= 15 is 0 Å². The zero-order valence-electron chi connectivity index (χ0n) is 7.13. The number of isothiocyanates is 1. The van der Waals surface area contributed by atoms with Crippen LogP contribution in [-0.4, -0.2) is 36.2 Å². The first-order chi connectivity index (χ1) is 5.21. The number of rotatable bonds is 3. The van der Waals surface area contributed by atoms with E-state index in [1.54, 1.807) is 0 Å². The molecule has 1 rings (SSSR count). The highest BCUT2D eigenvalue weighted by molar-refractivity contribution is 7.78. The molecule has 0 radical (unpaired) electrons. The minimum absolute atomic E-state index is 0.311. The van der Waals surface area contributed by atoms with Gasteiger partial charge in [-0.3, -0.25) is 0 Å². The van der Waals surface area contributed by atoms with Crippen LogP contribution < -0.4 is 0 Å². The van der Waals surface area contributed by atoms with Gasteiger partial charge in [0.15, 0.2) is 0 Å². The smallest absolute Gasteiger partial charge is 0.0676 e. The van der Waals surface area contributed by atoms with Crippen molar-refractivity contribution in [3.05, 3.63) is 0 Å². The summed E-state index contributed by atoms with van der Waals surface area (Å²) >= 11 is 4.54. The van der Waals surface area contributed by atoms with E-state index in [1.807, 2.05) is 0 Å². The van der Waals surface area contributed by atoms with Gasteiger partial charge >= 0.3 is 0 Å². The van der Waals surface area contributed by atoms with E-state index in [-0.39, 0.29) is 0 Å². The molecule has 11 heavy (non-hydrogen) atoms. The summed E-state index contributed by atoms with van der Waals surface area (Å²) in [7, 11) is 4.22. The third kappa shape index (κ3) is 1.67. The molecule has 62 valence electrons. The predicted octanol–water partition coefficient (Wildman–Crippen LogP) is 1.57. The van der Waals surface area contributed by atoms with E-state index in [1.165, 1.54) is 19.3 Å². The third-order valence-corrected chi connectivity index (χ3v) is 2.80. The first kappa shape index (κ1) is 8.85. The Morgan fingerprint density at radius 3 is 2.45 bits per heavy atom. The molecule has 0 unspecified atom stereocenters. The van der Waals surface area contributed by atoms with Gasteiger partial charge < -0.3 is 4.90 Å². The van der Waals surface area contributed by atoms with Crippen molar-refractivity contribution in [2.75, 3.05) is 20.6 Å². The van der Waals surface area contributed by atoms with E-state index in [0.717, 1.165) is 6.54 Å². The lowest BCUT2D eigenvalue weighted by molar-refractivity contribution is 0.0702. The molecule has 0 amide bonds. The molecule has 0 bridgehead atoms. The van der Waals surface area contributed by atoms with Crippen LogP contribution in [0.15, 0.2) is 4.99 Å². The fourth-order valence-corrected chi connectivity index (χ4v) is 1.58. The lowest BCUT2D eigenvalue weighted by Gasteiger charge is -2.46. The number of nitrogens with zero attached hydrogens (tertiary/aromatic N) is 2. The molecule has 1 aliphatic carbocycles. The Morgan fingerprint density at radius 1 is 1.55 bits per heavy atom. The Kier molecular flexibility index (Phi) is 2.77. The predicted molar refractivity (Wildman–Crippen MR) is 50.2 cm³/mol. The maximum absolute atomic E-state index is 4.54. The fourth-order valence-electron chi connectivity index (χ4n) is 1.51. The molecule has 0 aromatic carbocycles. The second-order valence-electron chi connectivity index (χ2n) is 3.38. The lowest BCUT2D eigenvalue weighted by Crippen LogP contribution is -2.52. The second-order valence-corrected chi connectivity index (χ2v) is 3.56. The van der Waals surface area contributed by atoms with Gasteiger partial charge in [0.2, 0.25) is 0 Å². The second kappa shape index (κ2) is 3.44. The van der Waals surface area contributed by atoms with Gasteiger partial charge in [-0.15, -0.1) is 0 Å². The van der Waals surface area contributed by atoms with Crippen LogP contribution in [-0.2, 0) is 0 Å². The number of hydrogen-bond donors (Lipinski definition) is 0. The minimum Gasteiger partial charge on any atom is -0.302 e. The summed E-state index contributed by atoms with van der Waals surface area (Å²) in [6.07, 6.45) is 3.83. The monoisotopic (exact) mass is 170 g/mol. The number of thiocarbonyl (C=S) groups is 1. The quantitative estimate of drug-likeness (QED) is 0.472. The molecule has 0 heterocycles. The highest BCUT2D eigenvalue weighted by Crippen LogP contribution is 2.36. The summed E-state index contributed by atoms with van der Waals surface area (Å²) in [5, 5.41) is 2.43. The van der Waals surface area contributed by atoms with E-state index in [9.17, 15) is 0 Å². The van der Waals surface area contributed by atoms with Crippen molar-refractivity contribution in [2.45, 2.75) is 24.8 Å². The summed E-state index contributed by atoms with van der Waals surface area (Å²) in [5.41, 5.74) is 0.311. The molecule has 3 heteroatoms. The normalized spacial score (nSPS) is 20.6. The van der Waals surface area contributed by atoms with Gasteiger partial charge in [-0.1, -0.05) is 0 Å². The van der Waals surface area contributed by atoms with Crippen LogP contribution >= 0.6 is 12.2 Å². The van der Waals surface area contributed by atoms with Gasteiger partial charge in [0.25, 0.3) is 0 Å². The van der Waals surface area contributed by atoms with Crippen LogP contribution in [0.1, 0.15) is 19.3 Å². The zero-order chi connectivity index (χ0) is 8.32. The highest BCUT2D eigenvalue weighted by Gasteiger charge is 2.38. The van der Waals surface area contributed by atoms with Gasteiger partial charge in [-0.25, -0.2) is 4.99 Å². The topological polar surface area (TPSA) is 15.6 Å². The molecule has 0 aromatic heterocycles. The molecule has 0 aromatic rings. The van der Waals surface area contributed by atoms with Crippen LogP contribution in [0.4, 0.5) is 0 Å². The van der Waals surface area contributed by atoms with Crippen molar-refractivity contribution < 1.29 is 0 Å². The largest absolute Gasteiger partial charge is 0.302 e. The van der Waals surface area contributed by atoms with Crippen LogP contribution in [0.25, 0.3) is 0 Å². The minimum atomic E-state index is 0.311. The number of likely N-dealkylation sites (N-methyl/N-ethyl adjacent to an activating group) is 1. The van der Waals surface area contributed by atoms with Crippen molar-refractivity contribution in [3.8, 4) is 0 Å². The molecule has 1 fully saturated rings. The zero-order valence-corrected chi connectivity index (χ0v) is 7.95. The van der Waals surface area contributed by atoms with Crippen LogP contribution in [0.5, 0.6) is 0 Å². The first-order valence-electron chi connectivity index (χ1n) is 3.92. The van der Waals surface area contributed by atoms with Crippen molar-refractivity contribution in [3.63, 3.8) is 0 Å². The molecular weight excluding hydrogens is 156 g/mol. The molecule has 1 saturated carbocycles. The Labute approximate surface area is 73.3 Å². The van der Waals surface area contributed by atoms with Gasteiger partial charge in [0.05, 0.1) is 11.7 Å². The molecule has 0 atom stereocenters. The van der Waals surface area contributed by atoms with Gasteiger partial charge in [-0.05, 0) is 45.6 Å². The Hall–Kier alpha value is -0.240. The Balaban J connectivity index is 2.53. The van der Waals surface area contributed by atoms with E-state index < -0.39 is 0 Å². The Morgan fingerprint density at radius 2 is 2.18 bits per heavy atom. The summed E-state index contributed by atoms with van der Waals surface area (Å²) in [5.74, 6) is 0. The van der Waals surface area contributed by atoms with Gasteiger partial charge in [0, 0.05) is 5.54 Å². The van der Waals surface area contributed by atoms with Crippen molar-refractivity contribution in [2.24, 2.45) is 4.99 Å². The van der Waals surface area contributed by atoms with Crippen molar-refractivity contribution >= 4 is 17.4 Å². The average molecular weight is 170 g/mol. The van der Waals surface area contributed by atoms with Crippen molar-refractivity contribution in [1.82, 2.24) is 4.90 Å². The van der Waals surface area contributed by atoms with Gasteiger partial charge in [0.1, 0.15) is 0 Å². The molecule has 2 nitrogen and oxygen atoms in total. The molecule has 0 N–H and O–H groups in total. The number of hydrogen-bond acceptors (Lipinski definition) is 3. The standard InChI is InChI=1S/C8H14N2S/c1-10(2)8(4-3-5-8)6-9-7-11/h3-6H2,1-2H3. The summed E-state index contributed by atoms with van der Waals surface area (Å²) in [4.78, 5) is 6.27. The first-order valence-corrected chi connectivity index (χ1v) is 4.33. The molecule has 0 aliphatic heterocycles. The SMILES string of the molecule is CN(C)C1(CN=C=S)CCC1. The maximum atomic E-state index is 4.54. The maximum Gasteiger partial charge on any atom is 0.0676 e. The third-order valence-electron chi connectivity index (χ3n) is 2.67. The molecule has 0 saturated heterocycles. The fraction of sp³-hybridized carbons (Fsp3) is 0.875.